The van der Waals surface area contributed by atoms with E-state index in [1.807, 2.05) is 13.8 Å². The van der Waals surface area contributed by atoms with Gasteiger partial charge in [0.15, 0.2) is 0 Å². The number of hydrogen-bond acceptors (Lipinski definition) is 4. The highest BCUT2D eigenvalue weighted by atomic mass is 35.5. The molecule has 0 N–H and O–H groups in total. The molecule has 1 aliphatic heterocycles. The number of rotatable bonds is 4. The molecule has 7 heteroatoms. The number of ether oxygens (including phenoxy) is 1. The molecule has 0 spiro atoms. The zero-order valence-electron chi connectivity index (χ0n) is 14.8. The van der Waals surface area contributed by atoms with Crippen molar-refractivity contribution < 1.29 is 9.13 Å². The molecule has 136 valence electrons. The first-order chi connectivity index (χ1) is 12.3. The lowest BCUT2D eigenvalue weighted by molar-refractivity contribution is 0.293. The molecule has 3 heterocycles. The number of hydrogen-bond donors (Lipinski definition) is 0. The van der Waals surface area contributed by atoms with Crippen LogP contribution in [0, 0.1) is 25.6 Å². The maximum absolute atomic E-state index is 13.9. The van der Waals surface area contributed by atoms with Gasteiger partial charge in [0.1, 0.15) is 29.0 Å². The lowest BCUT2D eigenvalue weighted by atomic mass is 10.1. The fourth-order valence-electron chi connectivity index (χ4n) is 2.82. The average molecular weight is 376 g/mol. The molecule has 0 radical (unpaired) electrons. The van der Waals surface area contributed by atoms with Gasteiger partial charge in [-0.15, -0.1) is 0 Å². The Morgan fingerprint density at radius 2 is 2.12 bits per heavy atom. The maximum atomic E-state index is 13.9. The van der Waals surface area contributed by atoms with Crippen LogP contribution in [0.25, 0.3) is 5.70 Å². The summed E-state index contributed by atoms with van der Waals surface area (Å²) in [6.07, 6.45) is 3.28. The molecule has 0 saturated heterocycles. The molecule has 0 unspecified atom stereocenters. The Kier molecular flexibility index (Phi) is 5.23. The van der Waals surface area contributed by atoms with Gasteiger partial charge in [-0.1, -0.05) is 18.5 Å². The summed E-state index contributed by atoms with van der Waals surface area (Å²) < 4.78 is 21.0. The van der Waals surface area contributed by atoms with Gasteiger partial charge in [-0.25, -0.2) is 4.39 Å². The Hall–Kier alpha value is -2.47. The van der Waals surface area contributed by atoms with Gasteiger partial charge in [0, 0.05) is 42.2 Å². The quantitative estimate of drug-likeness (QED) is 0.818. The van der Waals surface area contributed by atoms with Crippen LogP contribution in [0.15, 0.2) is 40.3 Å². The van der Waals surface area contributed by atoms with Crippen LogP contribution in [0.1, 0.15) is 23.9 Å². The van der Waals surface area contributed by atoms with Crippen LogP contribution in [-0.4, -0.2) is 21.3 Å². The van der Waals surface area contributed by atoms with Crippen LogP contribution >= 0.6 is 11.6 Å². The molecule has 0 bridgehead atoms. The Bertz CT molecular complexity index is 966. The molecule has 3 rings (SSSR count). The second-order valence-corrected chi connectivity index (χ2v) is 6.76. The molecule has 0 fully saturated rings. The summed E-state index contributed by atoms with van der Waals surface area (Å²) in [5.74, 6) is 0.0195. The number of allylic oxidation sites excluding steroid dienone is 1. The summed E-state index contributed by atoms with van der Waals surface area (Å²) in [6.45, 7) is 6.05. The molecule has 0 saturated carbocycles. The number of dihydropyridines is 1. The zero-order chi connectivity index (χ0) is 18.8. The minimum absolute atomic E-state index is 0.0490. The standard InChI is InChI=1S/C19H19ClFN3O2/c1-11-4-15(21)16(22-8-11)10-26-14-5-13(3)24(19(25)6-14)17-7-18(20)23-9-12(17)2/h4-8,12H,9-10H2,1-3H3/t12-/m0/s1. The predicted molar refractivity (Wildman–Crippen MR) is 100 cm³/mol. The van der Waals surface area contributed by atoms with Gasteiger partial charge in [0.2, 0.25) is 0 Å². The largest absolute Gasteiger partial charge is 0.487 e. The molecule has 0 aliphatic carbocycles. The van der Waals surface area contributed by atoms with Gasteiger partial charge in [-0.3, -0.25) is 19.3 Å². The smallest absolute Gasteiger partial charge is 0.258 e. The van der Waals surface area contributed by atoms with E-state index in [0.717, 1.165) is 11.3 Å². The van der Waals surface area contributed by atoms with E-state index in [4.69, 9.17) is 16.3 Å². The minimum Gasteiger partial charge on any atom is -0.487 e. The topological polar surface area (TPSA) is 56.5 Å². The van der Waals surface area contributed by atoms with Gasteiger partial charge in [0.25, 0.3) is 5.56 Å². The summed E-state index contributed by atoms with van der Waals surface area (Å²) in [4.78, 5) is 20.8. The van der Waals surface area contributed by atoms with Crippen molar-refractivity contribution in [2.75, 3.05) is 6.54 Å². The van der Waals surface area contributed by atoms with Crippen molar-refractivity contribution in [1.82, 2.24) is 9.55 Å². The summed E-state index contributed by atoms with van der Waals surface area (Å²) in [5.41, 5.74) is 2.20. The van der Waals surface area contributed by atoms with Crippen LogP contribution in [0.3, 0.4) is 0 Å². The summed E-state index contributed by atoms with van der Waals surface area (Å²) >= 11 is 6.00. The zero-order valence-corrected chi connectivity index (χ0v) is 15.5. The molecular formula is C19H19ClFN3O2. The molecule has 1 aliphatic rings. The normalized spacial score (nSPS) is 16.9. The van der Waals surface area contributed by atoms with Crippen LogP contribution < -0.4 is 10.3 Å². The van der Waals surface area contributed by atoms with Crippen molar-refractivity contribution >= 4 is 22.5 Å². The molecule has 0 amide bonds. The third kappa shape index (κ3) is 3.85. The summed E-state index contributed by atoms with van der Waals surface area (Å²) in [6, 6.07) is 4.52. The fourth-order valence-corrected chi connectivity index (χ4v) is 3.00. The number of nitrogens with zero attached hydrogens (tertiary/aromatic N) is 3. The van der Waals surface area contributed by atoms with E-state index < -0.39 is 5.82 Å². The van der Waals surface area contributed by atoms with E-state index in [1.54, 1.807) is 29.8 Å². The van der Waals surface area contributed by atoms with Gasteiger partial charge in [0.05, 0.1) is 0 Å². The van der Waals surface area contributed by atoms with Gasteiger partial charge < -0.3 is 4.74 Å². The van der Waals surface area contributed by atoms with E-state index >= 15 is 0 Å². The maximum Gasteiger partial charge on any atom is 0.258 e. The number of pyridine rings is 2. The molecule has 26 heavy (non-hydrogen) atoms. The Morgan fingerprint density at radius 3 is 2.81 bits per heavy atom. The first-order valence-corrected chi connectivity index (χ1v) is 8.62. The number of halogens is 2. The van der Waals surface area contributed by atoms with Crippen LogP contribution in [0.2, 0.25) is 0 Å². The highest BCUT2D eigenvalue weighted by Gasteiger charge is 2.19. The lowest BCUT2D eigenvalue weighted by Crippen LogP contribution is -2.26. The van der Waals surface area contributed by atoms with E-state index in [0.29, 0.717) is 23.2 Å². The molecule has 2 aromatic rings. The van der Waals surface area contributed by atoms with Gasteiger partial charge >= 0.3 is 0 Å². The van der Waals surface area contributed by atoms with Crippen molar-refractivity contribution in [3.8, 4) is 5.75 Å². The highest BCUT2D eigenvalue weighted by Crippen LogP contribution is 2.23. The number of aliphatic imine (C=N–C) groups is 1. The lowest BCUT2D eigenvalue weighted by Gasteiger charge is -2.22. The highest BCUT2D eigenvalue weighted by molar-refractivity contribution is 6.69. The first kappa shape index (κ1) is 18.3. The van der Waals surface area contributed by atoms with Crippen LogP contribution in [-0.2, 0) is 6.61 Å². The third-order valence-electron chi connectivity index (χ3n) is 4.17. The van der Waals surface area contributed by atoms with Crippen molar-refractivity contribution in [1.29, 1.82) is 0 Å². The Balaban J connectivity index is 1.86. The van der Waals surface area contributed by atoms with Crippen molar-refractivity contribution in [3.63, 3.8) is 0 Å². The van der Waals surface area contributed by atoms with E-state index in [-0.39, 0.29) is 23.8 Å². The van der Waals surface area contributed by atoms with Crippen molar-refractivity contribution in [3.05, 3.63) is 63.6 Å². The van der Waals surface area contributed by atoms with Gasteiger partial charge in [-0.05, 0) is 31.6 Å². The Morgan fingerprint density at radius 1 is 1.35 bits per heavy atom. The monoisotopic (exact) mass is 375 g/mol. The van der Waals surface area contributed by atoms with Crippen molar-refractivity contribution in [2.24, 2.45) is 10.9 Å². The third-order valence-corrected chi connectivity index (χ3v) is 4.39. The molecular weight excluding hydrogens is 357 g/mol. The Labute approximate surface area is 155 Å². The average Bonchev–Trinajstić information content (AvgIpc) is 2.56. The van der Waals surface area contributed by atoms with E-state index in [1.165, 1.54) is 12.1 Å². The summed E-state index contributed by atoms with van der Waals surface area (Å²) in [5, 5.41) is 0.380. The predicted octanol–water partition coefficient (Wildman–Crippen LogP) is 3.71. The number of aromatic nitrogens is 2. The second-order valence-electron chi connectivity index (χ2n) is 6.37. The van der Waals surface area contributed by atoms with Crippen LogP contribution in [0.4, 0.5) is 4.39 Å². The molecule has 1 atom stereocenters. The molecule has 0 aromatic carbocycles. The first-order valence-electron chi connectivity index (χ1n) is 8.24. The SMILES string of the molecule is Cc1cnc(COc2cc(C)n(C3=CC(Cl)=NC[C@@H]3C)c(=O)c2)c(F)c1. The van der Waals surface area contributed by atoms with E-state index in [9.17, 15) is 9.18 Å². The van der Waals surface area contributed by atoms with Crippen molar-refractivity contribution in [2.45, 2.75) is 27.4 Å². The van der Waals surface area contributed by atoms with Gasteiger partial charge in [-0.2, -0.15) is 0 Å². The number of aryl methyl sites for hydroxylation is 2. The summed E-state index contributed by atoms with van der Waals surface area (Å²) in [7, 11) is 0. The van der Waals surface area contributed by atoms with E-state index in [2.05, 4.69) is 9.98 Å². The molecule has 2 aromatic heterocycles. The van der Waals surface area contributed by atoms with Crippen LogP contribution in [0.5, 0.6) is 5.75 Å². The molecule has 5 nitrogen and oxygen atoms in total. The minimum atomic E-state index is -0.426. The second kappa shape index (κ2) is 7.41. The fraction of sp³-hybridized carbons (Fsp3) is 0.316.